The van der Waals surface area contributed by atoms with Crippen molar-refractivity contribution >= 4 is 41.6 Å². The van der Waals surface area contributed by atoms with Gasteiger partial charge in [0.25, 0.3) is 11.6 Å². The molecule has 0 saturated carbocycles. The van der Waals surface area contributed by atoms with Crippen LogP contribution in [0.1, 0.15) is 19.3 Å². The molecule has 1 fully saturated rings. The lowest BCUT2D eigenvalue weighted by atomic mass is 9.94. The Bertz CT molecular complexity index is 789. The molecule has 2 aliphatic heterocycles. The molecule has 1 saturated heterocycles. The molecule has 13 nitrogen and oxygen atoms in total. The van der Waals surface area contributed by atoms with Gasteiger partial charge in [0.1, 0.15) is 18.0 Å². The van der Waals surface area contributed by atoms with Crippen molar-refractivity contribution in [1.82, 2.24) is 10.2 Å². The topological polar surface area (TPSA) is 212 Å². The number of carbonyl (C=O) groups excluding carboxylic acids is 3. The van der Waals surface area contributed by atoms with Gasteiger partial charge in [0.2, 0.25) is 5.91 Å². The van der Waals surface area contributed by atoms with Gasteiger partial charge in [-0.2, -0.15) is 0 Å². The summed E-state index contributed by atoms with van der Waals surface area (Å²) in [6.45, 7) is -0.411. The molecule has 2 rings (SSSR count). The summed E-state index contributed by atoms with van der Waals surface area (Å²) < 4.78 is 9.89. The van der Waals surface area contributed by atoms with Gasteiger partial charge in [-0.3, -0.25) is 14.4 Å². The van der Waals surface area contributed by atoms with Crippen LogP contribution in [0, 0.1) is 0 Å². The summed E-state index contributed by atoms with van der Waals surface area (Å²) in [6, 6.07) is -2.52. The molecule has 0 aromatic carbocycles. The first-order valence-electron chi connectivity index (χ1n) is 8.72. The van der Waals surface area contributed by atoms with Gasteiger partial charge in [0.05, 0.1) is 0 Å². The quantitative estimate of drug-likeness (QED) is 0.190. The van der Waals surface area contributed by atoms with Crippen LogP contribution in [-0.2, 0) is 28.7 Å². The van der Waals surface area contributed by atoms with E-state index < -0.39 is 59.6 Å². The number of rotatable bonds is 10. The fourth-order valence-corrected chi connectivity index (χ4v) is 4.41. The Labute approximate surface area is 174 Å². The van der Waals surface area contributed by atoms with Crippen LogP contribution in [0.3, 0.4) is 0 Å². The first kappa shape index (κ1) is 23.4. The van der Waals surface area contributed by atoms with Crippen LogP contribution in [0.25, 0.3) is 0 Å². The van der Waals surface area contributed by atoms with Crippen LogP contribution < -0.4 is 16.8 Å². The summed E-state index contributed by atoms with van der Waals surface area (Å²) in [4.78, 5) is 59.3. The monoisotopic (exact) mass is 446 g/mol. The number of ether oxygens (including phenoxy) is 2. The van der Waals surface area contributed by atoms with Crippen LogP contribution in [0.5, 0.6) is 0 Å². The smallest absolute Gasteiger partial charge is 0.404 e. The Kier molecular flexibility index (Phi) is 7.28. The van der Waals surface area contributed by atoms with E-state index in [2.05, 4.69) is 10.1 Å². The highest BCUT2D eigenvalue weighted by molar-refractivity contribution is 8.03. The summed E-state index contributed by atoms with van der Waals surface area (Å²) in [5.41, 5.74) is 8.63. The van der Waals surface area contributed by atoms with Gasteiger partial charge < -0.3 is 41.4 Å². The fourth-order valence-electron chi connectivity index (χ4n) is 3.12. The molecule has 4 atom stereocenters. The van der Waals surface area contributed by atoms with Crippen LogP contribution in [0.15, 0.2) is 11.0 Å². The van der Waals surface area contributed by atoms with Crippen molar-refractivity contribution in [3.63, 3.8) is 0 Å². The number of primary amides is 1. The van der Waals surface area contributed by atoms with Crippen molar-refractivity contribution in [1.29, 1.82) is 0 Å². The third-order valence-corrected chi connectivity index (χ3v) is 5.88. The normalized spacial score (nSPS) is 26.0. The molecular formula is C16H22N4O9S. The molecule has 0 aromatic rings. The standard InChI is InChI=1S/C16H22N4O9S/c1-28-16(19-9(21)4-2-3-8(17)11(22)23)13(26)20-10(12(24)25)7(5-29-15(18)27)6-30-14(16)20/h6,8,10,14H,2-5,17H2,1H3,(H2,18,27)(H,19,21)(H,22,23)(H,24,25)/t8?,10?,14-,16?/m0/s1. The number of thioether (sulfide) groups is 1. The number of amides is 3. The van der Waals surface area contributed by atoms with E-state index in [1.54, 1.807) is 0 Å². The number of carbonyl (C=O) groups is 5. The number of carboxylic acids is 2. The Morgan fingerprint density at radius 2 is 2.03 bits per heavy atom. The summed E-state index contributed by atoms with van der Waals surface area (Å²) in [7, 11) is 1.20. The highest BCUT2D eigenvalue weighted by atomic mass is 32.2. The van der Waals surface area contributed by atoms with Crippen molar-refractivity contribution in [2.24, 2.45) is 11.5 Å². The summed E-state index contributed by atoms with van der Waals surface area (Å²) in [5, 5.41) is 21.3. The number of carboxylic acid groups (broad SMARTS) is 2. The van der Waals surface area contributed by atoms with Crippen molar-refractivity contribution < 1.29 is 43.7 Å². The number of nitrogens with zero attached hydrogens (tertiary/aromatic N) is 1. The van der Waals surface area contributed by atoms with Crippen LogP contribution in [-0.4, -0.2) is 81.9 Å². The number of methoxy groups -OCH3 is 1. The van der Waals surface area contributed by atoms with Gasteiger partial charge in [-0.25, -0.2) is 9.59 Å². The molecule has 3 amide bonds. The SMILES string of the molecule is COC1(NC(=O)CCCC(N)C(=O)O)C(=O)N2C(C(=O)O)C(COC(N)=O)=CS[C@H]21. The van der Waals surface area contributed by atoms with E-state index in [9.17, 15) is 29.1 Å². The molecule has 0 spiro atoms. The zero-order valence-corrected chi connectivity index (χ0v) is 16.7. The summed E-state index contributed by atoms with van der Waals surface area (Å²) in [5.74, 6) is -3.90. The number of fused-ring (bicyclic) bond motifs is 1. The van der Waals surface area contributed by atoms with Crippen LogP contribution >= 0.6 is 11.8 Å². The fraction of sp³-hybridized carbons (Fsp3) is 0.562. The second-order valence-corrected chi connectivity index (χ2v) is 7.52. The maximum absolute atomic E-state index is 12.8. The second-order valence-electron chi connectivity index (χ2n) is 6.57. The number of hydrogen-bond acceptors (Lipinski definition) is 9. The summed E-state index contributed by atoms with van der Waals surface area (Å²) in [6.07, 6.45) is -0.968. The Morgan fingerprint density at radius 3 is 2.57 bits per heavy atom. The van der Waals surface area contributed by atoms with E-state index in [1.807, 2.05) is 0 Å². The molecule has 2 aliphatic rings. The van der Waals surface area contributed by atoms with Gasteiger partial charge in [-0.05, 0) is 18.2 Å². The zero-order chi connectivity index (χ0) is 22.6. The molecule has 0 radical (unpaired) electrons. The maximum Gasteiger partial charge on any atom is 0.404 e. The average Bonchev–Trinajstić information content (AvgIpc) is 2.68. The van der Waals surface area contributed by atoms with Gasteiger partial charge in [0.15, 0.2) is 6.04 Å². The predicted molar refractivity (Wildman–Crippen MR) is 101 cm³/mol. The lowest BCUT2D eigenvalue weighted by Gasteiger charge is -2.57. The highest BCUT2D eigenvalue weighted by Crippen LogP contribution is 2.46. The number of hydrogen-bond donors (Lipinski definition) is 5. The van der Waals surface area contributed by atoms with Crippen molar-refractivity contribution in [2.75, 3.05) is 13.7 Å². The Morgan fingerprint density at radius 1 is 1.37 bits per heavy atom. The largest absolute Gasteiger partial charge is 0.480 e. The van der Waals surface area contributed by atoms with Crippen molar-refractivity contribution in [3.8, 4) is 0 Å². The third kappa shape index (κ3) is 4.49. The summed E-state index contributed by atoms with van der Waals surface area (Å²) >= 11 is 1.01. The van der Waals surface area contributed by atoms with E-state index >= 15 is 0 Å². The minimum Gasteiger partial charge on any atom is -0.480 e. The van der Waals surface area contributed by atoms with E-state index in [-0.39, 0.29) is 24.8 Å². The average molecular weight is 446 g/mol. The van der Waals surface area contributed by atoms with Gasteiger partial charge in [-0.1, -0.05) is 0 Å². The molecule has 166 valence electrons. The maximum atomic E-state index is 12.8. The zero-order valence-electron chi connectivity index (χ0n) is 15.9. The third-order valence-electron chi connectivity index (χ3n) is 4.63. The van der Waals surface area contributed by atoms with Crippen LogP contribution in [0.2, 0.25) is 0 Å². The molecule has 30 heavy (non-hydrogen) atoms. The van der Waals surface area contributed by atoms with E-state index in [4.69, 9.17) is 21.3 Å². The lowest BCUT2D eigenvalue weighted by Crippen LogP contribution is -2.83. The molecular weight excluding hydrogens is 424 g/mol. The molecule has 3 unspecified atom stereocenters. The van der Waals surface area contributed by atoms with Gasteiger partial charge in [-0.15, -0.1) is 11.8 Å². The second kappa shape index (κ2) is 9.32. The first-order valence-corrected chi connectivity index (χ1v) is 9.66. The van der Waals surface area contributed by atoms with Gasteiger partial charge >= 0.3 is 18.0 Å². The number of aliphatic carboxylic acids is 2. The number of β-lactam (4-membered cyclic amide) rings is 1. The van der Waals surface area contributed by atoms with E-state index in [0.29, 0.717) is 0 Å². The Hall–Kier alpha value is -2.84. The molecule has 14 heteroatoms. The molecule has 0 bridgehead atoms. The van der Waals surface area contributed by atoms with Gasteiger partial charge in [0, 0.05) is 19.1 Å². The first-order chi connectivity index (χ1) is 14.0. The van der Waals surface area contributed by atoms with E-state index in [1.165, 1.54) is 12.5 Å². The minimum atomic E-state index is -1.78. The van der Waals surface area contributed by atoms with Crippen LogP contribution in [0.4, 0.5) is 4.79 Å². The molecule has 7 N–H and O–H groups in total. The Balaban J connectivity index is 2.10. The predicted octanol–water partition coefficient (Wildman–Crippen LogP) is -1.62. The minimum absolute atomic E-state index is 0.0635. The van der Waals surface area contributed by atoms with Crippen molar-refractivity contribution in [2.45, 2.75) is 42.4 Å². The number of nitrogens with one attached hydrogen (secondary N) is 1. The lowest BCUT2D eigenvalue weighted by molar-refractivity contribution is -0.201. The van der Waals surface area contributed by atoms with E-state index in [0.717, 1.165) is 16.7 Å². The molecule has 2 heterocycles. The van der Waals surface area contributed by atoms with Crippen molar-refractivity contribution in [3.05, 3.63) is 11.0 Å². The molecule has 0 aliphatic carbocycles. The number of nitrogens with two attached hydrogens (primary N) is 2. The molecule has 0 aromatic heterocycles. The highest BCUT2D eigenvalue weighted by Gasteiger charge is 2.67.